The number of nitrogens with zero attached hydrogens (tertiary/aromatic N) is 2. The maximum absolute atomic E-state index is 12.1. The molecule has 1 heterocycles. The van der Waals surface area contributed by atoms with E-state index in [1.165, 1.54) is 11.0 Å². The summed E-state index contributed by atoms with van der Waals surface area (Å²) in [5.41, 5.74) is 2.71. The van der Waals surface area contributed by atoms with Crippen LogP contribution in [0.15, 0.2) is 24.3 Å². The highest BCUT2D eigenvalue weighted by atomic mass is 16.5. The molecular weight excluding hydrogens is 356 g/mol. The van der Waals surface area contributed by atoms with E-state index in [2.05, 4.69) is 19.9 Å². The van der Waals surface area contributed by atoms with Crippen molar-refractivity contribution in [2.45, 2.75) is 52.5 Å². The zero-order chi connectivity index (χ0) is 20.9. The fourth-order valence-electron chi connectivity index (χ4n) is 4.24. The summed E-state index contributed by atoms with van der Waals surface area (Å²) in [6.45, 7) is 8.43. The third kappa shape index (κ3) is 4.19. The lowest BCUT2D eigenvalue weighted by atomic mass is 9.72. The second kappa shape index (κ2) is 8.92. The highest BCUT2D eigenvalue weighted by Crippen LogP contribution is 2.44. The van der Waals surface area contributed by atoms with Crippen LogP contribution >= 0.6 is 0 Å². The molecule has 0 fully saturated rings. The maximum Gasteiger partial charge on any atom is 0.408 e. The third-order valence-corrected chi connectivity index (χ3v) is 5.30. The molecule has 1 atom stereocenters. The Morgan fingerprint density at radius 3 is 2.71 bits per heavy atom. The first-order chi connectivity index (χ1) is 13.3. The van der Waals surface area contributed by atoms with Crippen molar-refractivity contribution in [3.8, 4) is 6.07 Å². The van der Waals surface area contributed by atoms with E-state index >= 15 is 0 Å². The van der Waals surface area contributed by atoms with Crippen LogP contribution in [0.5, 0.6) is 0 Å². The van der Waals surface area contributed by atoms with Gasteiger partial charge < -0.3 is 9.84 Å². The Morgan fingerprint density at radius 2 is 2.14 bits per heavy atom. The average Bonchev–Trinajstić information content (AvgIpc) is 2.62. The number of fused-ring (bicyclic) bond motifs is 1. The predicted octanol–water partition coefficient (Wildman–Crippen LogP) is 4.15. The molecule has 1 aliphatic rings. The Balaban J connectivity index is 2.61. The molecule has 0 saturated carbocycles. The van der Waals surface area contributed by atoms with E-state index in [1.54, 1.807) is 19.1 Å². The van der Waals surface area contributed by atoms with E-state index in [4.69, 9.17) is 4.74 Å². The Morgan fingerprint density at radius 1 is 1.43 bits per heavy atom. The molecule has 1 amide bonds. The van der Waals surface area contributed by atoms with Crippen LogP contribution in [0, 0.1) is 24.2 Å². The van der Waals surface area contributed by atoms with E-state index in [0.717, 1.165) is 16.7 Å². The first-order valence-corrected chi connectivity index (χ1v) is 9.63. The van der Waals surface area contributed by atoms with Gasteiger partial charge in [0.15, 0.2) is 0 Å². The molecule has 0 radical (unpaired) electrons. The largest absolute Gasteiger partial charge is 0.465 e. The van der Waals surface area contributed by atoms with Crippen molar-refractivity contribution in [1.29, 1.82) is 5.26 Å². The predicted molar refractivity (Wildman–Crippen MR) is 106 cm³/mol. The van der Waals surface area contributed by atoms with Gasteiger partial charge in [0.1, 0.15) is 0 Å². The number of benzene rings is 1. The zero-order valence-electron chi connectivity index (χ0n) is 17.0. The Bertz CT molecular complexity index is 823. The number of ether oxygens (including phenoxy) is 1. The molecule has 2 rings (SSSR count). The van der Waals surface area contributed by atoms with Crippen molar-refractivity contribution in [2.24, 2.45) is 5.92 Å². The first kappa shape index (κ1) is 21.5. The van der Waals surface area contributed by atoms with E-state index in [1.807, 2.05) is 13.0 Å². The summed E-state index contributed by atoms with van der Waals surface area (Å²) in [5, 5.41) is 19.3. The molecule has 150 valence electrons. The van der Waals surface area contributed by atoms with Crippen molar-refractivity contribution in [3.05, 3.63) is 46.5 Å². The van der Waals surface area contributed by atoms with Crippen molar-refractivity contribution in [2.75, 3.05) is 13.2 Å². The van der Waals surface area contributed by atoms with Gasteiger partial charge in [-0.25, -0.2) is 9.59 Å². The molecule has 1 aromatic carbocycles. The molecule has 1 aliphatic heterocycles. The van der Waals surface area contributed by atoms with Gasteiger partial charge in [-0.05, 0) is 61.8 Å². The smallest absolute Gasteiger partial charge is 0.408 e. The summed E-state index contributed by atoms with van der Waals surface area (Å²) in [7, 11) is 0. The fraction of sp³-hybridized carbons (Fsp3) is 0.500. The number of hydrogen-bond acceptors (Lipinski definition) is 4. The van der Waals surface area contributed by atoms with E-state index in [9.17, 15) is 20.0 Å². The SMILES string of the molecule is CCOC(=O)/C=C/CC1(CC(C)C)c2ccc(C#N)c(C)c2CCN1C(=O)O. The molecule has 1 aromatic rings. The number of hydrogen-bond donors (Lipinski definition) is 1. The highest BCUT2D eigenvalue weighted by Gasteiger charge is 2.45. The molecule has 1 N–H and O–H groups in total. The minimum atomic E-state index is -0.974. The van der Waals surface area contributed by atoms with Crippen molar-refractivity contribution in [3.63, 3.8) is 0 Å². The van der Waals surface area contributed by atoms with Gasteiger partial charge in [0.2, 0.25) is 0 Å². The number of carbonyl (C=O) groups excluding carboxylic acids is 1. The van der Waals surface area contributed by atoms with Crippen LogP contribution in [-0.2, 0) is 21.5 Å². The number of rotatable bonds is 6. The third-order valence-electron chi connectivity index (χ3n) is 5.30. The molecule has 0 aliphatic carbocycles. The number of carbonyl (C=O) groups is 2. The number of carboxylic acid groups (broad SMARTS) is 1. The van der Waals surface area contributed by atoms with Crippen LogP contribution in [0.4, 0.5) is 4.79 Å². The van der Waals surface area contributed by atoms with Gasteiger partial charge in [0.25, 0.3) is 0 Å². The van der Waals surface area contributed by atoms with Gasteiger partial charge in [-0.1, -0.05) is 26.0 Å². The molecule has 6 nitrogen and oxygen atoms in total. The number of esters is 1. The molecule has 1 unspecified atom stereocenters. The standard InChI is InChI=1S/C22H28N2O4/c1-5-28-20(25)7-6-11-22(13-15(2)3)19-9-8-17(14-23)16(4)18(19)10-12-24(22)21(26)27/h6-9,15H,5,10-13H2,1-4H3,(H,26,27)/b7-6+. The van der Waals surface area contributed by atoms with Crippen LogP contribution in [0.1, 0.15) is 55.9 Å². The second-order valence-corrected chi connectivity index (χ2v) is 7.55. The first-order valence-electron chi connectivity index (χ1n) is 9.63. The lowest BCUT2D eigenvalue weighted by Crippen LogP contribution is -2.53. The van der Waals surface area contributed by atoms with Gasteiger partial charge in [-0.3, -0.25) is 4.90 Å². The Hall–Kier alpha value is -2.81. The Kier molecular flexibility index (Phi) is 6.85. The summed E-state index contributed by atoms with van der Waals surface area (Å²) in [6, 6.07) is 5.87. The lowest BCUT2D eigenvalue weighted by Gasteiger charge is -2.48. The highest BCUT2D eigenvalue weighted by molar-refractivity contribution is 5.81. The van der Waals surface area contributed by atoms with Crippen LogP contribution < -0.4 is 0 Å². The zero-order valence-corrected chi connectivity index (χ0v) is 17.0. The summed E-state index contributed by atoms with van der Waals surface area (Å²) in [6.07, 6.45) is 3.66. The summed E-state index contributed by atoms with van der Waals surface area (Å²) in [5.74, 6) is -0.198. The lowest BCUT2D eigenvalue weighted by molar-refractivity contribution is -0.137. The van der Waals surface area contributed by atoms with Crippen LogP contribution in [-0.4, -0.2) is 35.2 Å². The summed E-state index contributed by atoms with van der Waals surface area (Å²) >= 11 is 0. The van der Waals surface area contributed by atoms with Crippen molar-refractivity contribution >= 4 is 12.1 Å². The van der Waals surface area contributed by atoms with E-state index in [-0.39, 0.29) is 5.92 Å². The van der Waals surface area contributed by atoms with Crippen molar-refractivity contribution in [1.82, 2.24) is 4.90 Å². The minimum Gasteiger partial charge on any atom is -0.465 e. The maximum atomic E-state index is 12.1. The molecule has 28 heavy (non-hydrogen) atoms. The number of nitriles is 1. The monoisotopic (exact) mass is 384 g/mol. The van der Waals surface area contributed by atoms with Gasteiger partial charge in [0, 0.05) is 12.6 Å². The summed E-state index contributed by atoms with van der Waals surface area (Å²) < 4.78 is 4.95. The summed E-state index contributed by atoms with van der Waals surface area (Å²) in [4.78, 5) is 25.4. The minimum absolute atomic E-state index is 0.236. The Labute approximate surface area is 166 Å². The molecule has 0 saturated heterocycles. The van der Waals surface area contributed by atoms with Crippen LogP contribution in [0.2, 0.25) is 0 Å². The topological polar surface area (TPSA) is 90.6 Å². The molecule has 6 heteroatoms. The quantitative estimate of drug-likeness (QED) is 0.588. The van der Waals surface area contributed by atoms with Gasteiger partial charge in [-0.2, -0.15) is 5.26 Å². The van der Waals surface area contributed by atoms with Crippen molar-refractivity contribution < 1.29 is 19.4 Å². The van der Waals surface area contributed by atoms with E-state index in [0.29, 0.717) is 38.0 Å². The normalized spacial score (nSPS) is 18.8. The molecular formula is C22H28N2O4. The van der Waals surface area contributed by atoms with Crippen LogP contribution in [0.25, 0.3) is 0 Å². The van der Waals surface area contributed by atoms with E-state index < -0.39 is 17.6 Å². The molecule has 0 bridgehead atoms. The molecule has 0 spiro atoms. The molecule has 0 aromatic heterocycles. The fourth-order valence-corrected chi connectivity index (χ4v) is 4.24. The number of amides is 1. The van der Waals surface area contributed by atoms with Crippen LogP contribution in [0.3, 0.4) is 0 Å². The van der Waals surface area contributed by atoms with Gasteiger partial charge in [0.05, 0.1) is 23.8 Å². The van der Waals surface area contributed by atoms with Gasteiger partial charge in [-0.15, -0.1) is 0 Å². The second-order valence-electron chi connectivity index (χ2n) is 7.55. The average molecular weight is 384 g/mol. The van der Waals surface area contributed by atoms with Gasteiger partial charge >= 0.3 is 12.1 Å².